The molecular weight excluding hydrogens is 278 g/mol. The number of nitrogens with zero attached hydrogens (tertiary/aromatic N) is 2. The Morgan fingerprint density at radius 3 is 2.91 bits per heavy atom. The molecule has 2 fully saturated rings. The fourth-order valence-corrected chi connectivity index (χ4v) is 3.67. The van der Waals surface area contributed by atoms with Crippen molar-refractivity contribution < 1.29 is 9.32 Å². The van der Waals surface area contributed by atoms with Gasteiger partial charge in [0.05, 0.1) is 6.04 Å². The molecule has 1 N–H and O–H groups in total. The molecule has 1 aliphatic carbocycles. The van der Waals surface area contributed by atoms with Gasteiger partial charge >= 0.3 is 6.03 Å². The minimum absolute atomic E-state index is 0.0782. The third-order valence-corrected chi connectivity index (χ3v) is 4.86. The van der Waals surface area contributed by atoms with Crippen molar-refractivity contribution in [2.75, 3.05) is 6.54 Å². The molecule has 2 aliphatic rings. The van der Waals surface area contributed by atoms with Gasteiger partial charge in [0.2, 0.25) is 0 Å². The molecule has 0 aromatic carbocycles. The van der Waals surface area contributed by atoms with Crippen molar-refractivity contribution in [1.82, 2.24) is 15.4 Å². The Balaban J connectivity index is 1.62. The van der Waals surface area contributed by atoms with Gasteiger partial charge in [0.15, 0.2) is 0 Å². The highest BCUT2D eigenvalue weighted by Gasteiger charge is 2.33. The zero-order valence-corrected chi connectivity index (χ0v) is 13.5. The number of carbonyl (C=O) groups is 1. The van der Waals surface area contributed by atoms with E-state index >= 15 is 0 Å². The van der Waals surface area contributed by atoms with Gasteiger partial charge in [-0.3, -0.25) is 0 Å². The Morgan fingerprint density at radius 2 is 2.14 bits per heavy atom. The van der Waals surface area contributed by atoms with E-state index in [0.717, 1.165) is 56.5 Å². The monoisotopic (exact) mass is 305 g/mol. The number of likely N-dealkylation sites (tertiary alicyclic amines) is 1. The predicted molar refractivity (Wildman–Crippen MR) is 84.6 cm³/mol. The van der Waals surface area contributed by atoms with Crippen molar-refractivity contribution in [3.8, 4) is 0 Å². The predicted octanol–water partition coefficient (Wildman–Crippen LogP) is 3.81. The second kappa shape index (κ2) is 7.16. The van der Waals surface area contributed by atoms with E-state index in [4.69, 9.17) is 4.52 Å². The third kappa shape index (κ3) is 3.45. The van der Waals surface area contributed by atoms with Gasteiger partial charge in [-0.1, -0.05) is 31.3 Å². The van der Waals surface area contributed by atoms with Crippen LogP contribution < -0.4 is 5.32 Å². The highest BCUT2D eigenvalue weighted by molar-refractivity contribution is 5.75. The first kappa shape index (κ1) is 15.4. The number of carbonyl (C=O) groups excluding carboxylic acids is 1. The lowest BCUT2D eigenvalue weighted by Gasteiger charge is -2.28. The van der Waals surface area contributed by atoms with Crippen LogP contribution >= 0.6 is 0 Å². The number of nitrogens with one attached hydrogen (secondary N) is 1. The van der Waals surface area contributed by atoms with E-state index < -0.39 is 0 Å². The molecule has 1 aromatic heterocycles. The Kier molecular flexibility index (Phi) is 5.01. The average Bonchev–Trinajstić information content (AvgIpc) is 3.17. The van der Waals surface area contributed by atoms with Crippen molar-refractivity contribution in [2.24, 2.45) is 0 Å². The van der Waals surface area contributed by atoms with Crippen LogP contribution in [0.5, 0.6) is 0 Å². The van der Waals surface area contributed by atoms with Gasteiger partial charge in [-0.05, 0) is 32.1 Å². The highest BCUT2D eigenvalue weighted by Crippen LogP contribution is 2.32. The molecule has 3 rings (SSSR count). The standard InChI is InChI=1S/C17H27N3O2/c1-2-7-14-12-15(19-22-14)16-10-6-11-20(16)17(21)18-13-8-4-3-5-9-13/h12-13,16H,2-11H2,1H3,(H,18,21)/t16-/m0/s1. The first-order chi connectivity index (χ1) is 10.8. The van der Waals surface area contributed by atoms with Crippen molar-refractivity contribution in [3.05, 3.63) is 17.5 Å². The fourth-order valence-electron chi connectivity index (χ4n) is 3.67. The van der Waals surface area contributed by atoms with Crippen molar-refractivity contribution in [3.63, 3.8) is 0 Å². The fraction of sp³-hybridized carbons (Fsp3) is 0.765. The summed E-state index contributed by atoms with van der Waals surface area (Å²) in [6, 6.07) is 2.54. The molecule has 0 bridgehead atoms. The lowest BCUT2D eigenvalue weighted by molar-refractivity contribution is 0.183. The Hall–Kier alpha value is -1.52. The van der Waals surface area contributed by atoms with Crippen molar-refractivity contribution in [1.29, 1.82) is 0 Å². The van der Waals surface area contributed by atoms with Crippen molar-refractivity contribution >= 4 is 6.03 Å². The lowest BCUT2D eigenvalue weighted by atomic mass is 9.96. The maximum absolute atomic E-state index is 12.6. The van der Waals surface area contributed by atoms with E-state index in [-0.39, 0.29) is 12.1 Å². The number of aromatic nitrogens is 1. The van der Waals surface area contributed by atoms with Gasteiger partial charge in [-0.25, -0.2) is 4.79 Å². The number of aryl methyl sites for hydroxylation is 1. The number of hydrogen-bond donors (Lipinski definition) is 1. The summed E-state index contributed by atoms with van der Waals surface area (Å²) in [4.78, 5) is 14.5. The Labute approximate surface area is 132 Å². The molecule has 0 spiro atoms. The van der Waals surface area contributed by atoms with Gasteiger partial charge in [0.25, 0.3) is 0 Å². The van der Waals surface area contributed by atoms with Gasteiger partial charge in [0.1, 0.15) is 11.5 Å². The first-order valence-electron chi connectivity index (χ1n) is 8.80. The minimum Gasteiger partial charge on any atom is -0.361 e. The van der Waals surface area contributed by atoms with Crippen LogP contribution in [0.1, 0.15) is 75.8 Å². The molecule has 5 nitrogen and oxygen atoms in total. The van der Waals surface area contributed by atoms with E-state index in [1.165, 1.54) is 19.3 Å². The SMILES string of the molecule is CCCc1cc([C@@H]2CCCN2C(=O)NC2CCCCC2)no1. The molecule has 1 aromatic rings. The van der Waals surface area contributed by atoms with E-state index in [1.54, 1.807) is 0 Å². The van der Waals surface area contributed by atoms with Crippen LogP contribution in [0.3, 0.4) is 0 Å². The van der Waals surface area contributed by atoms with Crippen LogP contribution in [0.15, 0.2) is 10.6 Å². The highest BCUT2D eigenvalue weighted by atomic mass is 16.5. The molecule has 22 heavy (non-hydrogen) atoms. The molecule has 0 radical (unpaired) electrons. The summed E-state index contributed by atoms with van der Waals surface area (Å²) < 4.78 is 5.39. The van der Waals surface area contributed by atoms with Crippen molar-refractivity contribution in [2.45, 2.75) is 76.8 Å². The normalized spacial score (nSPS) is 23.0. The lowest BCUT2D eigenvalue weighted by Crippen LogP contribution is -2.45. The molecule has 1 saturated heterocycles. The molecule has 5 heteroatoms. The smallest absolute Gasteiger partial charge is 0.318 e. The van der Waals surface area contributed by atoms with Crippen LogP contribution in [0, 0.1) is 0 Å². The van der Waals surface area contributed by atoms with Crippen LogP contribution in [-0.2, 0) is 6.42 Å². The second-order valence-corrected chi connectivity index (χ2v) is 6.60. The van der Waals surface area contributed by atoms with Crippen LogP contribution in [-0.4, -0.2) is 28.7 Å². The van der Waals surface area contributed by atoms with Crippen LogP contribution in [0.25, 0.3) is 0 Å². The topological polar surface area (TPSA) is 58.4 Å². The average molecular weight is 305 g/mol. The first-order valence-corrected chi connectivity index (χ1v) is 8.80. The van der Waals surface area contributed by atoms with Gasteiger partial charge in [0, 0.05) is 25.1 Å². The largest absolute Gasteiger partial charge is 0.361 e. The molecule has 2 amide bonds. The van der Waals surface area contributed by atoms with E-state index in [9.17, 15) is 4.79 Å². The number of rotatable bonds is 4. The van der Waals surface area contributed by atoms with E-state index in [2.05, 4.69) is 17.4 Å². The summed E-state index contributed by atoms with van der Waals surface area (Å²) in [7, 11) is 0. The summed E-state index contributed by atoms with van der Waals surface area (Å²) in [6.45, 7) is 2.95. The van der Waals surface area contributed by atoms with Crippen LogP contribution in [0.4, 0.5) is 4.79 Å². The minimum atomic E-state index is 0.0782. The third-order valence-electron chi connectivity index (χ3n) is 4.86. The number of amides is 2. The molecule has 122 valence electrons. The summed E-state index contributed by atoms with van der Waals surface area (Å²) in [5.74, 6) is 0.928. The van der Waals surface area contributed by atoms with Crippen LogP contribution in [0.2, 0.25) is 0 Å². The summed E-state index contributed by atoms with van der Waals surface area (Å²) in [5, 5.41) is 7.42. The Bertz CT molecular complexity index is 494. The summed E-state index contributed by atoms with van der Waals surface area (Å²) in [6.07, 6.45) is 9.99. The Morgan fingerprint density at radius 1 is 1.32 bits per heavy atom. The summed E-state index contributed by atoms with van der Waals surface area (Å²) in [5.41, 5.74) is 0.916. The molecular formula is C17H27N3O2. The number of hydrogen-bond acceptors (Lipinski definition) is 3. The van der Waals surface area contributed by atoms with Gasteiger partial charge in [-0.2, -0.15) is 0 Å². The molecule has 1 atom stereocenters. The molecule has 0 unspecified atom stereocenters. The molecule has 2 heterocycles. The molecule has 1 aliphatic heterocycles. The molecule has 1 saturated carbocycles. The van der Waals surface area contributed by atoms with Gasteiger partial charge in [-0.15, -0.1) is 0 Å². The maximum atomic E-state index is 12.6. The number of urea groups is 1. The zero-order chi connectivity index (χ0) is 15.4. The van der Waals surface area contributed by atoms with Gasteiger partial charge < -0.3 is 14.7 Å². The quantitative estimate of drug-likeness (QED) is 0.920. The van der Waals surface area contributed by atoms with E-state index in [1.807, 2.05) is 11.0 Å². The second-order valence-electron chi connectivity index (χ2n) is 6.60. The maximum Gasteiger partial charge on any atom is 0.318 e. The zero-order valence-electron chi connectivity index (χ0n) is 13.5. The summed E-state index contributed by atoms with van der Waals surface area (Å²) >= 11 is 0. The van der Waals surface area contributed by atoms with E-state index in [0.29, 0.717) is 6.04 Å².